The monoisotopic (exact) mass is 525 g/mol. The van der Waals surface area contributed by atoms with Gasteiger partial charge >= 0.3 is 6.03 Å². The van der Waals surface area contributed by atoms with Crippen LogP contribution in [0.3, 0.4) is 0 Å². The Morgan fingerprint density at radius 2 is 1.73 bits per heavy atom. The van der Waals surface area contributed by atoms with Crippen molar-refractivity contribution in [2.75, 3.05) is 19.5 Å². The number of nitrogens with zero attached hydrogens (tertiary/aromatic N) is 2. The number of hydrogen-bond donors (Lipinski definition) is 1. The van der Waals surface area contributed by atoms with Gasteiger partial charge in [-0.1, -0.05) is 39.7 Å². The number of carbonyl (C=O) groups is 1. The zero-order chi connectivity index (χ0) is 23.1. The normalized spacial score (nSPS) is 18.4. The Morgan fingerprint density at radius 3 is 2.39 bits per heavy atom. The Bertz CT molecular complexity index is 1250. The number of anilines is 1. The van der Waals surface area contributed by atoms with Crippen molar-refractivity contribution in [3.8, 4) is 11.5 Å². The highest BCUT2D eigenvalue weighted by atomic mass is 79.9. The molecule has 1 aliphatic heterocycles. The van der Waals surface area contributed by atoms with E-state index in [0.29, 0.717) is 22.2 Å². The van der Waals surface area contributed by atoms with Gasteiger partial charge in [0, 0.05) is 26.7 Å². The maximum Gasteiger partial charge on any atom is 0.342 e. The molecule has 33 heavy (non-hydrogen) atoms. The molecule has 0 spiro atoms. The lowest BCUT2D eigenvalue weighted by atomic mass is 9.90. The number of methoxy groups -OCH3 is 2. The fourth-order valence-electron chi connectivity index (χ4n) is 4.52. The second-order valence-corrected chi connectivity index (χ2v) is 9.29. The molecular formula is C25H21BrClN3O3. The molecule has 168 valence electrons. The fourth-order valence-corrected chi connectivity index (χ4v) is 4.91. The van der Waals surface area contributed by atoms with E-state index in [9.17, 15) is 4.79 Å². The molecule has 0 saturated carbocycles. The van der Waals surface area contributed by atoms with Gasteiger partial charge in [0.25, 0.3) is 0 Å². The van der Waals surface area contributed by atoms with Crippen LogP contribution in [0.4, 0.5) is 10.5 Å². The van der Waals surface area contributed by atoms with Crippen LogP contribution in [0.5, 0.6) is 11.5 Å². The predicted molar refractivity (Wildman–Crippen MR) is 132 cm³/mol. The van der Waals surface area contributed by atoms with Crippen molar-refractivity contribution in [2.45, 2.75) is 12.5 Å². The van der Waals surface area contributed by atoms with Crippen LogP contribution in [0, 0.1) is 5.92 Å². The number of rotatable bonds is 4. The Balaban J connectivity index is 1.55. The summed E-state index contributed by atoms with van der Waals surface area (Å²) in [4.78, 5) is 13.3. The summed E-state index contributed by atoms with van der Waals surface area (Å²) in [6.45, 7) is 0. The van der Waals surface area contributed by atoms with Gasteiger partial charge in [-0.2, -0.15) is 5.10 Å². The third-order valence-electron chi connectivity index (χ3n) is 6.05. The largest absolute Gasteiger partial charge is 0.493 e. The summed E-state index contributed by atoms with van der Waals surface area (Å²) in [6.07, 6.45) is 0.740. The maximum absolute atomic E-state index is 13.3. The summed E-state index contributed by atoms with van der Waals surface area (Å²) < 4.78 is 11.9. The minimum absolute atomic E-state index is 0.00801. The minimum atomic E-state index is -0.291. The Labute approximate surface area is 205 Å². The molecule has 1 heterocycles. The van der Waals surface area contributed by atoms with E-state index in [-0.39, 0.29) is 18.0 Å². The number of fused-ring (bicyclic) bond motifs is 3. The van der Waals surface area contributed by atoms with E-state index in [1.165, 1.54) is 0 Å². The summed E-state index contributed by atoms with van der Waals surface area (Å²) in [5.74, 6) is 1.33. The average molecular weight is 527 g/mol. The number of carbonyl (C=O) groups excluding carboxylic acids is 1. The molecule has 0 bridgehead atoms. The van der Waals surface area contributed by atoms with Crippen LogP contribution in [0.1, 0.15) is 22.7 Å². The molecule has 3 aromatic rings. The fraction of sp³-hybridized carbons (Fsp3) is 0.200. The topological polar surface area (TPSA) is 63.2 Å². The van der Waals surface area contributed by atoms with Gasteiger partial charge in [-0.25, -0.2) is 9.80 Å². The molecule has 0 fully saturated rings. The maximum atomic E-state index is 13.3. The first-order valence-corrected chi connectivity index (χ1v) is 11.6. The van der Waals surface area contributed by atoms with Gasteiger partial charge in [-0.15, -0.1) is 0 Å². The molecule has 0 radical (unpaired) electrons. The van der Waals surface area contributed by atoms with Crippen LogP contribution in [0.25, 0.3) is 0 Å². The quantitative estimate of drug-likeness (QED) is 0.435. The minimum Gasteiger partial charge on any atom is -0.493 e. The molecule has 1 aliphatic carbocycles. The molecule has 1 N–H and O–H groups in total. The summed E-state index contributed by atoms with van der Waals surface area (Å²) in [5.41, 5.74) is 4.65. The third kappa shape index (κ3) is 3.96. The number of halogens is 2. The Kier molecular flexibility index (Phi) is 5.76. The molecule has 2 aliphatic rings. The van der Waals surface area contributed by atoms with Gasteiger partial charge in [0.1, 0.15) is 0 Å². The van der Waals surface area contributed by atoms with Gasteiger partial charge in [-0.05, 0) is 66.1 Å². The van der Waals surface area contributed by atoms with Crippen molar-refractivity contribution >= 4 is 45.0 Å². The number of benzene rings is 3. The van der Waals surface area contributed by atoms with E-state index in [1.54, 1.807) is 19.2 Å². The van der Waals surface area contributed by atoms with Gasteiger partial charge in [0.15, 0.2) is 11.5 Å². The molecule has 2 unspecified atom stereocenters. The summed E-state index contributed by atoms with van der Waals surface area (Å²) in [5, 5.41) is 9.97. The molecule has 2 amide bonds. The lowest BCUT2D eigenvalue weighted by Gasteiger charge is -2.26. The van der Waals surface area contributed by atoms with E-state index in [2.05, 4.69) is 21.2 Å². The van der Waals surface area contributed by atoms with Crippen molar-refractivity contribution in [1.82, 2.24) is 5.01 Å². The lowest BCUT2D eigenvalue weighted by molar-refractivity contribution is 0.190. The van der Waals surface area contributed by atoms with Crippen molar-refractivity contribution in [1.29, 1.82) is 0 Å². The van der Waals surface area contributed by atoms with E-state index < -0.39 is 0 Å². The zero-order valence-electron chi connectivity index (χ0n) is 18.0. The molecule has 5 rings (SSSR count). The highest BCUT2D eigenvalue weighted by Crippen LogP contribution is 2.47. The van der Waals surface area contributed by atoms with Crippen molar-refractivity contribution < 1.29 is 14.3 Å². The van der Waals surface area contributed by atoms with Gasteiger partial charge in [0.05, 0.1) is 26.0 Å². The predicted octanol–water partition coefficient (Wildman–Crippen LogP) is 6.29. The van der Waals surface area contributed by atoms with E-state index in [4.69, 9.17) is 26.2 Å². The van der Waals surface area contributed by atoms with Crippen molar-refractivity contribution in [3.63, 3.8) is 0 Å². The average Bonchev–Trinajstić information content (AvgIpc) is 3.36. The molecule has 0 saturated heterocycles. The summed E-state index contributed by atoms with van der Waals surface area (Å²) in [6, 6.07) is 18.4. The highest BCUT2D eigenvalue weighted by Gasteiger charge is 2.46. The van der Waals surface area contributed by atoms with E-state index in [0.717, 1.165) is 33.3 Å². The lowest BCUT2D eigenvalue weighted by Crippen LogP contribution is -2.34. The number of hydrazone groups is 1. The SMILES string of the molecule is COc1cc2c(cc1OC)C1=NN(C(=O)Nc3ccc(Br)cc3)C(c3ccc(Cl)cc3)C1C2. The summed E-state index contributed by atoms with van der Waals surface area (Å²) in [7, 11) is 3.24. The van der Waals surface area contributed by atoms with Crippen LogP contribution >= 0.6 is 27.5 Å². The van der Waals surface area contributed by atoms with Crippen molar-refractivity contribution in [2.24, 2.45) is 11.0 Å². The van der Waals surface area contributed by atoms with Crippen LogP contribution in [0.15, 0.2) is 70.2 Å². The number of nitrogens with one attached hydrogen (secondary N) is 1. The second kappa shape index (κ2) is 8.72. The smallest absolute Gasteiger partial charge is 0.342 e. The first-order chi connectivity index (χ1) is 16.0. The van der Waals surface area contributed by atoms with Crippen LogP contribution in [0.2, 0.25) is 5.02 Å². The number of hydrogen-bond acceptors (Lipinski definition) is 4. The highest BCUT2D eigenvalue weighted by molar-refractivity contribution is 9.10. The van der Waals surface area contributed by atoms with Gasteiger partial charge in [0.2, 0.25) is 0 Å². The third-order valence-corrected chi connectivity index (χ3v) is 6.83. The van der Waals surface area contributed by atoms with Crippen LogP contribution in [-0.4, -0.2) is 31.0 Å². The molecule has 6 nitrogen and oxygen atoms in total. The molecule has 8 heteroatoms. The summed E-state index contributed by atoms with van der Waals surface area (Å²) >= 11 is 9.55. The van der Waals surface area contributed by atoms with Gasteiger partial charge in [-0.3, -0.25) is 0 Å². The second-order valence-electron chi connectivity index (χ2n) is 7.94. The molecule has 3 aromatic carbocycles. The zero-order valence-corrected chi connectivity index (χ0v) is 20.4. The van der Waals surface area contributed by atoms with E-state index in [1.807, 2.05) is 60.7 Å². The number of amides is 2. The Hall–Kier alpha value is -3.03. The van der Waals surface area contributed by atoms with Crippen LogP contribution in [-0.2, 0) is 6.42 Å². The molecular weight excluding hydrogens is 506 g/mol. The number of urea groups is 1. The van der Waals surface area contributed by atoms with Gasteiger partial charge < -0.3 is 14.8 Å². The van der Waals surface area contributed by atoms with Crippen molar-refractivity contribution in [3.05, 3.63) is 86.8 Å². The first-order valence-electron chi connectivity index (χ1n) is 10.4. The standard InChI is InChI=1S/C25H21BrClN3O3/c1-32-21-12-15-11-20-23(19(15)13-22(21)33-2)29-30(24(20)14-3-7-17(27)8-4-14)25(31)28-18-9-5-16(26)6-10-18/h3-10,12-13,20,24H,11H2,1-2H3,(H,28,31). The number of ether oxygens (including phenoxy) is 2. The molecule has 2 atom stereocenters. The van der Waals surface area contributed by atoms with Crippen LogP contribution < -0.4 is 14.8 Å². The Morgan fingerprint density at radius 1 is 1.06 bits per heavy atom. The van der Waals surface area contributed by atoms with E-state index >= 15 is 0 Å². The first kappa shape index (κ1) is 21.8. The molecule has 0 aromatic heterocycles.